The Morgan fingerprint density at radius 1 is 1.17 bits per heavy atom. The van der Waals surface area contributed by atoms with Gasteiger partial charge in [-0.05, 0) is 20.0 Å². The number of Topliss-reactive ketones (excluding diaryl/α,β-unsaturated/α-hetero) is 1. The molecule has 0 spiro atoms. The van der Waals surface area contributed by atoms with E-state index in [0.29, 0.717) is 5.78 Å². The quantitative estimate of drug-likeness (QED) is 0.630. The Kier molecular flexibility index (Phi) is 5.14. The molecule has 1 atom stereocenters. The summed E-state index contributed by atoms with van der Waals surface area (Å²) in [5.41, 5.74) is 0. The Morgan fingerprint density at radius 2 is 1.58 bits per heavy atom. The van der Waals surface area contributed by atoms with Gasteiger partial charge in [0.2, 0.25) is 0 Å². The highest BCUT2D eigenvalue weighted by Gasteiger charge is 2.20. The Hall–Kier alpha value is -0.370. The van der Waals surface area contributed by atoms with Crippen LogP contribution in [0.15, 0.2) is 0 Å². The van der Waals surface area contributed by atoms with Gasteiger partial charge in [-0.15, -0.1) is 0 Å². The van der Waals surface area contributed by atoms with Crippen molar-refractivity contribution in [1.82, 2.24) is 4.90 Å². The molecule has 0 aromatic carbocycles. The second kappa shape index (κ2) is 5.31. The first kappa shape index (κ1) is 11.6. The van der Waals surface area contributed by atoms with Gasteiger partial charge < -0.3 is 0 Å². The highest BCUT2D eigenvalue weighted by Crippen LogP contribution is 2.06. The molecule has 0 radical (unpaired) electrons. The van der Waals surface area contributed by atoms with Crippen molar-refractivity contribution in [3.8, 4) is 0 Å². The van der Waals surface area contributed by atoms with Gasteiger partial charge in [-0.1, -0.05) is 27.7 Å². The summed E-state index contributed by atoms with van der Waals surface area (Å²) in [6, 6.07) is 0.0833. The van der Waals surface area contributed by atoms with Crippen LogP contribution in [0.1, 0.15) is 34.6 Å². The zero-order valence-electron chi connectivity index (χ0n) is 8.92. The Morgan fingerprint density at radius 3 is 1.83 bits per heavy atom. The molecule has 0 fully saturated rings. The van der Waals surface area contributed by atoms with Crippen LogP contribution >= 0.6 is 0 Å². The molecule has 2 heteroatoms. The number of hydrogen-bond donors (Lipinski definition) is 0. The number of likely N-dealkylation sites (N-methyl/N-ethyl adjacent to an activating group) is 1. The largest absolute Gasteiger partial charge is 0.298 e. The van der Waals surface area contributed by atoms with Gasteiger partial charge in [0, 0.05) is 5.92 Å². The van der Waals surface area contributed by atoms with Crippen molar-refractivity contribution in [2.45, 2.75) is 40.7 Å². The van der Waals surface area contributed by atoms with E-state index in [-0.39, 0.29) is 12.0 Å². The van der Waals surface area contributed by atoms with Crippen LogP contribution in [0.3, 0.4) is 0 Å². The molecular weight excluding hydrogens is 150 g/mol. The average molecular weight is 171 g/mol. The maximum Gasteiger partial charge on any atom is 0.152 e. The molecule has 0 bridgehead atoms. The average Bonchev–Trinajstić information content (AvgIpc) is 2.05. The van der Waals surface area contributed by atoms with Crippen LogP contribution in [-0.2, 0) is 4.79 Å². The normalized spacial score (nSPS) is 13.9. The molecule has 0 aliphatic rings. The van der Waals surface area contributed by atoms with Crippen LogP contribution in [0.2, 0.25) is 0 Å². The topological polar surface area (TPSA) is 20.3 Å². The second-order valence-corrected chi connectivity index (χ2v) is 3.45. The van der Waals surface area contributed by atoms with Crippen molar-refractivity contribution in [2.24, 2.45) is 5.92 Å². The molecule has 0 amide bonds. The molecule has 0 N–H and O–H groups in total. The fraction of sp³-hybridized carbons (Fsp3) is 0.900. The number of rotatable bonds is 5. The minimum Gasteiger partial charge on any atom is -0.298 e. The van der Waals surface area contributed by atoms with E-state index in [2.05, 4.69) is 18.7 Å². The van der Waals surface area contributed by atoms with E-state index >= 15 is 0 Å². The molecule has 0 rings (SSSR count). The second-order valence-electron chi connectivity index (χ2n) is 3.45. The summed E-state index contributed by atoms with van der Waals surface area (Å²) in [6.45, 7) is 12.0. The van der Waals surface area contributed by atoms with Crippen molar-refractivity contribution in [3.63, 3.8) is 0 Å². The van der Waals surface area contributed by atoms with Gasteiger partial charge in [-0.2, -0.15) is 0 Å². The highest BCUT2D eigenvalue weighted by molar-refractivity contribution is 5.85. The molecule has 12 heavy (non-hydrogen) atoms. The van der Waals surface area contributed by atoms with Crippen molar-refractivity contribution in [3.05, 3.63) is 0 Å². The van der Waals surface area contributed by atoms with E-state index in [9.17, 15) is 4.79 Å². The van der Waals surface area contributed by atoms with E-state index in [1.54, 1.807) is 0 Å². The van der Waals surface area contributed by atoms with Gasteiger partial charge in [0.1, 0.15) is 0 Å². The van der Waals surface area contributed by atoms with Gasteiger partial charge in [-0.3, -0.25) is 9.69 Å². The lowest BCUT2D eigenvalue weighted by Gasteiger charge is -2.26. The predicted molar refractivity (Wildman–Crippen MR) is 52.2 cm³/mol. The number of nitrogens with zero attached hydrogens (tertiary/aromatic N) is 1. The predicted octanol–water partition coefficient (Wildman–Crippen LogP) is 1.94. The lowest BCUT2D eigenvalue weighted by atomic mass is 10.0. The Labute approximate surface area is 75.9 Å². The van der Waals surface area contributed by atoms with Crippen molar-refractivity contribution >= 4 is 5.78 Å². The van der Waals surface area contributed by atoms with Gasteiger partial charge >= 0.3 is 0 Å². The summed E-state index contributed by atoms with van der Waals surface area (Å²) in [4.78, 5) is 13.7. The maximum absolute atomic E-state index is 11.6. The van der Waals surface area contributed by atoms with Crippen LogP contribution in [-0.4, -0.2) is 29.8 Å². The summed E-state index contributed by atoms with van der Waals surface area (Å²) in [5, 5.41) is 0. The van der Waals surface area contributed by atoms with Gasteiger partial charge in [-0.25, -0.2) is 0 Å². The molecule has 0 aromatic rings. The van der Waals surface area contributed by atoms with E-state index in [1.165, 1.54) is 0 Å². The molecule has 0 aliphatic carbocycles. The van der Waals surface area contributed by atoms with Crippen LogP contribution in [0, 0.1) is 5.92 Å². The summed E-state index contributed by atoms with van der Waals surface area (Å²) >= 11 is 0. The minimum atomic E-state index is 0.0833. The molecule has 0 aromatic heterocycles. The molecule has 0 aliphatic heterocycles. The van der Waals surface area contributed by atoms with Crippen LogP contribution in [0.5, 0.6) is 0 Å². The standard InChI is InChI=1S/C10H21NO/c1-6-11(7-2)9(5)10(12)8(3)4/h8-9H,6-7H2,1-5H3/t9-/m0/s1. The zero-order valence-corrected chi connectivity index (χ0v) is 8.92. The van der Waals surface area contributed by atoms with Crippen molar-refractivity contribution in [1.29, 1.82) is 0 Å². The summed E-state index contributed by atoms with van der Waals surface area (Å²) < 4.78 is 0. The molecule has 72 valence electrons. The lowest BCUT2D eigenvalue weighted by Crippen LogP contribution is -2.40. The number of ketones is 1. The van der Waals surface area contributed by atoms with Gasteiger partial charge in [0.25, 0.3) is 0 Å². The van der Waals surface area contributed by atoms with E-state index < -0.39 is 0 Å². The first-order chi connectivity index (χ1) is 5.54. The third-order valence-electron chi connectivity index (χ3n) is 2.34. The summed E-state index contributed by atoms with van der Waals surface area (Å²) in [5.74, 6) is 0.499. The third-order valence-corrected chi connectivity index (χ3v) is 2.34. The fourth-order valence-corrected chi connectivity index (χ4v) is 1.43. The van der Waals surface area contributed by atoms with Crippen molar-refractivity contribution < 1.29 is 4.79 Å². The molecule has 0 heterocycles. The molecular formula is C10H21NO. The number of carbonyl (C=O) groups is 1. The van der Waals surface area contributed by atoms with Gasteiger partial charge in [0.05, 0.1) is 6.04 Å². The van der Waals surface area contributed by atoms with Crippen LogP contribution in [0.4, 0.5) is 0 Å². The maximum atomic E-state index is 11.6. The Balaban J connectivity index is 4.15. The number of carbonyl (C=O) groups excluding carboxylic acids is 1. The smallest absolute Gasteiger partial charge is 0.152 e. The van der Waals surface area contributed by atoms with Gasteiger partial charge in [0.15, 0.2) is 5.78 Å². The third kappa shape index (κ3) is 2.94. The molecule has 0 saturated carbocycles. The molecule has 0 saturated heterocycles. The van der Waals surface area contributed by atoms with E-state index in [0.717, 1.165) is 13.1 Å². The monoisotopic (exact) mass is 171 g/mol. The van der Waals surface area contributed by atoms with E-state index in [1.807, 2.05) is 20.8 Å². The van der Waals surface area contributed by atoms with Crippen LogP contribution < -0.4 is 0 Å². The first-order valence-corrected chi connectivity index (χ1v) is 4.82. The Bertz CT molecular complexity index is 139. The lowest BCUT2D eigenvalue weighted by molar-refractivity contribution is -0.126. The molecule has 2 nitrogen and oxygen atoms in total. The van der Waals surface area contributed by atoms with E-state index in [4.69, 9.17) is 0 Å². The van der Waals surface area contributed by atoms with Crippen LogP contribution in [0.25, 0.3) is 0 Å². The molecule has 0 unspecified atom stereocenters. The number of hydrogen-bond acceptors (Lipinski definition) is 2. The van der Waals surface area contributed by atoms with Crippen molar-refractivity contribution in [2.75, 3.05) is 13.1 Å². The fourth-order valence-electron chi connectivity index (χ4n) is 1.43. The minimum absolute atomic E-state index is 0.0833. The summed E-state index contributed by atoms with van der Waals surface area (Å²) in [7, 11) is 0. The zero-order chi connectivity index (χ0) is 9.72. The SMILES string of the molecule is CCN(CC)[C@@H](C)C(=O)C(C)C. The highest BCUT2D eigenvalue weighted by atomic mass is 16.1. The first-order valence-electron chi connectivity index (χ1n) is 4.82. The summed E-state index contributed by atoms with van der Waals surface area (Å²) in [6.07, 6.45) is 0.